The molecule has 1 atom stereocenters. The Morgan fingerprint density at radius 2 is 2.00 bits per heavy atom. The van der Waals surface area contributed by atoms with Crippen LogP contribution in [0, 0.1) is 5.92 Å². The summed E-state index contributed by atoms with van der Waals surface area (Å²) in [6.07, 6.45) is -1.82. The van der Waals surface area contributed by atoms with Crippen molar-refractivity contribution in [1.29, 1.82) is 0 Å². The molecule has 0 saturated heterocycles. The predicted molar refractivity (Wildman–Crippen MR) is 60.7 cm³/mol. The van der Waals surface area contributed by atoms with Gasteiger partial charge in [-0.2, -0.15) is 13.2 Å². The van der Waals surface area contributed by atoms with Crippen molar-refractivity contribution in [2.75, 3.05) is 0 Å². The number of aryl methyl sites for hydroxylation is 1. The lowest BCUT2D eigenvalue weighted by atomic mass is 10.1. The van der Waals surface area contributed by atoms with E-state index in [1.54, 1.807) is 6.92 Å². The van der Waals surface area contributed by atoms with Crippen LogP contribution in [0.25, 0.3) is 0 Å². The lowest BCUT2D eigenvalue weighted by molar-refractivity contribution is -0.158. The minimum absolute atomic E-state index is 0.398. The lowest BCUT2D eigenvalue weighted by Crippen LogP contribution is -2.39. The summed E-state index contributed by atoms with van der Waals surface area (Å²) in [6.45, 7) is 1.54. The van der Waals surface area contributed by atoms with Crippen LogP contribution in [0.2, 0.25) is 0 Å². The van der Waals surface area contributed by atoms with Crippen LogP contribution >= 0.6 is 12.2 Å². The predicted octanol–water partition coefficient (Wildman–Crippen LogP) is 1.13. The van der Waals surface area contributed by atoms with E-state index in [0.29, 0.717) is 6.54 Å². The number of nitrogens with two attached hydrogens (primary N) is 1. The summed E-state index contributed by atoms with van der Waals surface area (Å²) in [5.41, 5.74) is 4.55. The highest BCUT2D eigenvalue weighted by Crippen LogP contribution is 2.27. The summed E-state index contributed by atoms with van der Waals surface area (Å²) < 4.78 is 40.0. The molecule has 0 radical (unpaired) electrons. The van der Waals surface area contributed by atoms with Crippen molar-refractivity contribution in [3.8, 4) is 0 Å². The van der Waals surface area contributed by atoms with Gasteiger partial charge in [-0.3, -0.25) is 9.13 Å². The van der Waals surface area contributed by atoms with E-state index < -0.39 is 29.3 Å². The Morgan fingerprint density at radius 1 is 1.47 bits per heavy atom. The highest BCUT2D eigenvalue weighted by atomic mass is 32.1. The third-order valence-corrected chi connectivity index (χ3v) is 2.66. The third-order valence-electron chi connectivity index (χ3n) is 2.38. The van der Waals surface area contributed by atoms with E-state index in [9.17, 15) is 18.0 Å². The number of hydrogen-bond donors (Lipinski definition) is 1. The van der Waals surface area contributed by atoms with Crippen LogP contribution in [-0.2, 0) is 13.1 Å². The number of alkyl halides is 3. The first-order chi connectivity index (χ1) is 7.77. The van der Waals surface area contributed by atoms with Crippen LogP contribution in [0.15, 0.2) is 17.2 Å². The number of halogens is 3. The molecule has 1 aromatic heterocycles. The van der Waals surface area contributed by atoms with E-state index >= 15 is 0 Å². The molecule has 0 aliphatic rings. The molecule has 0 fully saturated rings. The zero-order valence-corrected chi connectivity index (χ0v) is 9.88. The molecule has 1 rings (SSSR count). The fourth-order valence-corrected chi connectivity index (χ4v) is 1.59. The van der Waals surface area contributed by atoms with Crippen molar-refractivity contribution in [3.63, 3.8) is 0 Å². The van der Waals surface area contributed by atoms with Crippen LogP contribution in [0.1, 0.15) is 6.92 Å². The van der Waals surface area contributed by atoms with Crippen molar-refractivity contribution in [3.05, 3.63) is 22.9 Å². The second-order valence-corrected chi connectivity index (χ2v) is 3.99. The van der Waals surface area contributed by atoms with Gasteiger partial charge < -0.3 is 5.73 Å². The first kappa shape index (κ1) is 13.8. The molecule has 0 bridgehead atoms. The molecule has 0 amide bonds. The molecular formula is C9H12F3N3OS. The summed E-state index contributed by atoms with van der Waals surface area (Å²) >= 11 is 4.38. The van der Waals surface area contributed by atoms with Gasteiger partial charge in [0.2, 0.25) is 0 Å². The Kier molecular flexibility index (Phi) is 3.97. The molecule has 1 heterocycles. The van der Waals surface area contributed by atoms with E-state index in [4.69, 9.17) is 5.73 Å². The summed E-state index contributed by atoms with van der Waals surface area (Å²) in [4.78, 5) is 10.9. The SMILES string of the molecule is CCn1ccn(CC(C(N)=S)C(F)(F)F)c1=O. The fourth-order valence-electron chi connectivity index (χ4n) is 1.38. The molecule has 0 aliphatic heterocycles. The Hall–Kier alpha value is -1.31. The second-order valence-electron chi connectivity index (χ2n) is 3.52. The number of thiocarbonyl (C=S) groups is 1. The molecule has 0 aliphatic carbocycles. The summed E-state index contributed by atoms with van der Waals surface area (Å²) in [5.74, 6) is -1.98. The molecule has 1 unspecified atom stereocenters. The molecular weight excluding hydrogens is 255 g/mol. The monoisotopic (exact) mass is 267 g/mol. The topological polar surface area (TPSA) is 52.9 Å². The summed E-state index contributed by atoms with van der Waals surface area (Å²) in [7, 11) is 0. The molecule has 0 saturated carbocycles. The molecule has 17 heavy (non-hydrogen) atoms. The molecule has 96 valence electrons. The second kappa shape index (κ2) is 4.91. The molecule has 4 nitrogen and oxygen atoms in total. The first-order valence-corrected chi connectivity index (χ1v) is 5.29. The van der Waals surface area contributed by atoms with Gasteiger partial charge in [-0.15, -0.1) is 0 Å². The molecule has 1 aromatic rings. The Balaban J connectivity index is 2.99. The van der Waals surface area contributed by atoms with Crippen LogP contribution in [0.4, 0.5) is 13.2 Å². The van der Waals surface area contributed by atoms with E-state index in [1.165, 1.54) is 17.0 Å². The van der Waals surface area contributed by atoms with Crippen LogP contribution in [-0.4, -0.2) is 20.3 Å². The van der Waals surface area contributed by atoms with Crippen LogP contribution < -0.4 is 11.4 Å². The van der Waals surface area contributed by atoms with Crippen LogP contribution in [0.5, 0.6) is 0 Å². The van der Waals surface area contributed by atoms with Gasteiger partial charge in [0.05, 0.1) is 4.99 Å². The van der Waals surface area contributed by atoms with E-state index in [0.717, 1.165) is 4.57 Å². The number of hydrogen-bond acceptors (Lipinski definition) is 2. The van der Waals surface area contributed by atoms with Gasteiger partial charge in [-0.1, -0.05) is 12.2 Å². The van der Waals surface area contributed by atoms with Crippen molar-refractivity contribution < 1.29 is 13.2 Å². The highest BCUT2D eigenvalue weighted by Gasteiger charge is 2.42. The van der Waals surface area contributed by atoms with E-state index in [2.05, 4.69) is 12.2 Å². The maximum atomic E-state index is 12.6. The number of nitrogens with zero attached hydrogens (tertiary/aromatic N) is 2. The van der Waals surface area contributed by atoms with Gasteiger partial charge in [0.1, 0.15) is 5.92 Å². The van der Waals surface area contributed by atoms with Gasteiger partial charge in [0, 0.05) is 25.5 Å². The molecule has 2 N–H and O–H groups in total. The minimum Gasteiger partial charge on any atom is -0.393 e. The first-order valence-electron chi connectivity index (χ1n) is 4.89. The zero-order chi connectivity index (χ0) is 13.2. The average Bonchev–Trinajstić information content (AvgIpc) is 2.53. The van der Waals surface area contributed by atoms with Gasteiger partial charge in [0.25, 0.3) is 0 Å². The molecule has 0 spiro atoms. The van der Waals surface area contributed by atoms with Gasteiger partial charge >= 0.3 is 11.9 Å². The summed E-state index contributed by atoms with van der Waals surface area (Å²) in [6, 6.07) is 0. The standard InChI is InChI=1S/C9H12F3N3OS/c1-2-14-3-4-15(8(14)16)5-6(7(13)17)9(10,11)12/h3-4,6H,2,5H2,1H3,(H2,13,17). The minimum atomic E-state index is -4.54. The lowest BCUT2D eigenvalue weighted by Gasteiger charge is -2.18. The van der Waals surface area contributed by atoms with Crippen LogP contribution in [0.3, 0.4) is 0 Å². The molecule has 0 aromatic carbocycles. The van der Waals surface area contributed by atoms with Crippen molar-refractivity contribution in [2.24, 2.45) is 11.7 Å². The third kappa shape index (κ3) is 3.09. The maximum Gasteiger partial charge on any atom is 0.399 e. The van der Waals surface area contributed by atoms with E-state index in [-0.39, 0.29) is 0 Å². The fraction of sp³-hybridized carbons (Fsp3) is 0.556. The Labute approximate surface area is 101 Å². The normalized spacial score (nSPS) is 13.6. The van der Waals surface area contributed by atoms with Gasteiger partial charge in [-0.05, 0) is 6.92 Å². The van der Waals surface area contributed by atoms with Gasteiger partial charge in [-0.25, -0.2) is 4.79 Å². The molecule has 8 heteroatoms. The highest BCUT2D eigenvalue weighted by molar-refractivity contribution is 7.80. The Bertz CT molecular complexity index is 463. The average molecular weight is 267 g/mol. The smallest absolute Gasteiger partial charge is 0.393 e. The number of rotatable bonds is 4. The largest absolute Gasteiger partial charge is 0.399 e. The maximum absolute atomic E-state index is 12.6. The number of aromatic nitrogens is 2. The quantitative estimate of drug-likeness (QED) is 0.832. The van der Waals surface area contributed by atoms with E-state index in [1.807, 2.05) is 0 Å². The van der Waals surface area contributed by atoms with Crippen molar-refractivity contribution in [1.82, 2.24) is 9.13 Å². The summed E-state index contributed by atoms with van der Waals surface area (Å²) in [5, 5.41) is 0. The number of imidazole rings is 1. The van der Waals surface area contributed by atoms with Crippen molar-refractivity contribution >= 4 is 17.2 Å². The Morgan fingerprint density at radius 3 is 2.35 bits per heavy atom. The zero-order valence-electron chi connectivity index (χ0n) is 9.07. The van der Waals surface area contributed by atoms with Crippen molar-refractivity contribution in [2.45, 2.75) is 26.2 Å². The van der Waals surface area contributed by atoms with Gasteiger partial charge in [0.15, 0.2) is 0 Å².